The van der Waals surface area contributed by atoms with Gasteiger partial charge in [0.2, 0.25) is 0 Å². The molecule has 0 unspecified atom stereocenters. The molecule has 0 saturated carbocycles. The van der Waals surface area contributed by atoms with Crippen molar-refractivity contribution in [3.8, 4) is 17.1 Å². The highest BCUT2D eigenvalue weighted by molar-refractivity contribution is 5.76. The van der Waals surface area contributed by atoms with Gasteiger partial charge in [-0.15, -0.1) is 0 Å². The van der Waals surface area contributed by atoms with Crippen LogP contribution in [0.2, 0.25) is 0 Å². The number of unbranched alkanes of at least 4 members (excludes halogenated alkanes) is 1. The largest absolute Gasteiger partial charge is 0.439 e. The summed E-state index contributed by atoms with van der Waals surface area (Å²) in [6.45, 7) is 2.23. The molecule has 174 valence electrons. The Morgan fingerprint density at radius 3 is 2.31 bits per heavy atom. The molecule has 0 radical (unpaired) electrons. The molecule has 0 amide bonds. The van der Waals surface area contributed by atoms with Gasteiger partial charge < -0.3 is 9.30 Å². The van der Waals surface area contributed by atoms with Crippen LogP contribution in [0.1, 0.15) is 19.8 Å². The lowest BCUT2D eigenvalue weighted by molar-refractivity contribution is -0.304. The van der Waals surface area contributed by atoms with Crippen LogP contribution in [0, 0.1) is 0 Å². The molecule has 3 aromatic rings. The molecule has 0 aliphatic carbocycles. The van der Waals surface area contributed by atoms with Crippen molar-refractivity contribution in [2.75, 3.05) is 0 Å². The molecule has 3 rings (SSSR count). The van der Waals surface area contributed by atoms with E-state index >= 15 is 0 Å². The number of hydrogen-bond acceptors (Lipinski definition) is 4. The second-order valence-corrected chi connectivity index (χ2v) is 7.02. The van der Waals surface area contributed by atoms with Crippen molar-refractivity contribution in [2.45, 2.75) is 44.8 Å². The zero-order valence-electron chi connectivity index (χ0n) is 16.8. The number of aromatic amines is 1. The van der Waals surface area contributed by atoms with E-state index < -0.39 is 35.5 Å². The molecule has 1 N–H and O–H groups in total. The molecule has 0 spiro atoms. The van der Waals surface area contributed by atoms with Crippen LogP contribution in [0.4, 0.5) is 26.3 Å². The molecule has 13 heteroatoms. The van der Waals surface area contributed by atoms with Crippen LogP contribution in [0.25, 0.3) is 22.6 Å². The van der Waals surface area contributed by atoms with Crippen LogP contribution in [-0.2, 0) is 13.6 Å². The number of nitrogens with one attached hydrogen (secondary N) is 1. The van der Waals surface area contributed by atoms with Crippen LogP contribution in [0.15, 0.2) is 33.9 Å². The molecular formula is C19H18F6N4O3. The molecule has 0 aliphatic heterocycles. The third-order valence-electron chi connectivity index (χ3n) is 4.70. The Balaban J connectivity index is 1.98. The number of alkyl halides is 6. The van der Waals surface area contributed by atoms with Crippen molar-refractivity contribution in [2.24, 2.45) is 7.05 Å². The smallest absolute Gasteiger partial charge is 0.430 e. The molecule has 7 nitrogen and oxygen atoms in total. The van der Waals surface area contributed by atoms with Crippen molar-refractivity contribution < 1.29 is 31.1 Å². The standard InChI is InChI=1S/C19H18F6N4O3/c1-3-4-9-29-14-12(15(30)27-17(29)31)28(2)13(26-14)10-5-7-11(8-6-10)32-19(24,25)16(20)18(21,22)23/h5-8,16H,3-4,9H2,1-2H3,(H,27,30,31)/t16-/m0/s1. The maximum atomic E-state index is 13.5. The van der Waals surface area contributed by atoms with Gasteiger partial charge in [-0.2, -0.15) is 22.0 Å². The van der Waals surface area contributed by atoms with E-state index in [1.54, 1.807) is 0 Å². The summed E-state index contributed by atoms with van der Waals surface area (Å²) >= 11 is 0. The molecule has 0 saturated heterocycles. The highest BCUT2D eigenvalue weighted by Crippen LogP contribution is 2.37. The molecule has 2 aromatic heterocycles. The van der Waals surface area contributed by atoms with E-state index in [2.05, 4.69) is 14.7 Å². The number of fused-ring (bicyclic) bond motifs is 1. The summed E-state index contributed by atoms with van der Waals surface area (Å²) in [5.41, 5.74) is -0.771. The summed E-state index contributed by atoms with van der Waals surface area (Å²) < 4.78 is 83.3. The molecule has 1 atom stereocenters. The molecular weight excluding hydrogens is 446 g/mol. The first kappa shape index (κ1) is 23.4. The normalized spacial score (nSPS) is 13.5. The van der Waals surface area contributed by atoms with Gasteiger partial charge in [-0.1, -0.05) is 13.3 Å². The number of imidazole rings is 1. The Kier molecular flexibility index (Phi) is 6.11. The van der Waals surface area contributed by atoms with Gasteiger partial charge in [-0.05, 0) is 30.7 Å². The van der Waals surface area contributed by atoms with Crippen LogP contribution >= 0.6 is 0 Å². The molecule has 0 fully saturated rings. The summed E-state index contributed by atoms with van der Waals surface area (Å²) in [7, 11) is 1.50. The minimum Gasteiger partial charge on any atom is -0.430 e. The Morgan fingerprint density at radius 1 is 1.12 bits per heavy atom. The van der Waals surface area contributed by atoms with E-state index in [0.29, 0.717) is 18.5 Å². The van der Waals surface area contributed by atoms with Gasteiger partial charge in [0.1, 0.15) is 11.6 Å². The molecule has 0 aliphatic rings. The number of rotatable bonds is 7. The Bertz CT molecular complexity index is 1230. The first-order chi connectivity index (χ1) is 14.9. The topological polar surface area (TPSA) is 81.9 Å². The molecule has 32 heavy (non-hydrogen) atoms. The fraction of sp³-hybridized carbons (Fsp3) is 0.421. The van der Waals surface area contributed by atoms with E-state index in [4.69, 9.17) is 0 Å². The quantitative estimate of drug-likeness (QED) is 0.540. The fourth-order valence-corrected chi connectivity index (χ4v) is 3.10. The van der Waals surface area contributed by atoms with Crippen LogP contribution in [0.5, 0.6) is 5.75 Å². The zero-order chi connectivity index (χ0) is 23.8. The van der Waals surface area contributed by atoms with Gasteiger partial charge in [0, 0.05) is 19.2 Å². The predicted molar refractivity (Wildman–Crippen MR) is 102 cm³/mol. The second-order valence-electron chi connectivity index (χ2n) is 7.02. The SMILES string of the molecule is CCCCn1c(=O)[nH]c(=O)c2c1nc(-c1ccc(OC(F)(F)[C@@H](F)C(F)(F)F)cc1)n2C. The van der Waals surface area contributed by atoms with E-state index in [0.717, 1.165) is 18.6 Å². The zero-order valence-corrected chi connectivity index (χ0v) is 16.8. The highest BCUT2D eigenvalue weighted by Gasteiger charge is 2.59. The van der Waals surface area contributed by atoms with Crippen molar-refractivity contribution in [3.63, 3.8) is 0 Å². The van der Waals surface area contributed by atoms with E-state index in [9.17, 15) is 35.9 Å². The minimum absolute atomic E-state index is 0.105. The van der Waals surface area contributed by atoms with Crippen molar-refractivity contribution >= 4 is 11.2 Å². The number of benzene rings is 1. The number of aromatic nitrogens is 4. The maximum Gasteiger partial charge on any atom is 0.439 e. The lowest BCUT2D eigenvalue weighted by atomic mass is 10.2. The van der Waals surface area contributed by atoms with E-state index in [1.165, 1.54) is 28.3 Å². The second kappa shape index (κ2) is 8.36. The Labute approximate surface area is 176 Å². The highest BCUT2D eigenvalue weighted by atomic mass is 19.4. The van der Waals surface area contributed by atoms with Gasteiger partial charge in [0.05, 0.1) is 0 Å². The van der Waals surface area contributed by atoms with Gasteiger partial charge in [0.25, 0.3) is 11.7 Å². The van der Waals surface area contributed by atoms with Gasteiger partial charge in [-0.3, -0.25) is 14.3 Å². The summed E-state index contributed by atoms with van der Waals surface area (Å²) in [6, 6.07) is 4.24. The summed E-state index contributed by atoms with van der Waals surface area (Å²) in [5, 5.41) is 0. The van der Waals surface area contributed by atoms with Crippen LogP contribution in [-0.4, -0.2) is 37.6 Å². The Hall–Kier alpha value is -3.25. The number of H-pyrrole nitrogens is 1. The van der Waals surface area contributed by atoms with Crippen molar-refractivity contribution in [1.82, 2.24) is 19.1 Å². The van der Waals surface area contributed by atoms with Gasteiger partial charge >= 0.3 is 18.0 Å². The van der Waals surface area contributed by atoms with Crippen LogP contribution in [0.3, 0.4) is 0 Å². The first-order valence-electron chi connectivity index (χ1n) is 9.44. The minimum atomic E-state index is -5.79. The monoisotopic (exact) mass is 464 g/mol. The molecule has 1 aromatic carbocycles. The van der Waals surface area contributed by atoms with Gasteiger partial charge in [-0.25, -0.2) is 14.2 Å². The third kappa shape index (κ3) is 4.36. The number of nitrogens with zero attached hydrogens (tertiary/aromatic N) is 3. The number of aryl methyl sites for hydroxylation is 2. The fourth-order valence-electron chi connectivity index (χ4n) is 3.10. The number of halogens is 6. The summed E-state index contributed by atoms with van der Waals surface area (Å²) in [4.78, 5) is 31.0. The molecule has 2 heterocycles. The van der Waals surface area contributed by atoms with Crippen LogP contribution < -0.4 is 16.0 Å². The first-order valence-corrected chi connectivity index (χ1v) is 9.44. The number of ether oxygens (including phenoxy) is 1. The molecule has 0 bridgehead atoms. The summed E-state index contributed by atoms with van der Waals surface area (Å²) in [5.74, 6) is -0.513. The van der Waals surface area contributed by atoms with Gasteiger partial charge in [0.15, 0.2) is 11.2 Å². The lowest BCUT2D eigenvalue weighted by Gasteiger charge is -2.23. The van der Waals surface area contributed by atoms with Crippen molar-refractivity contribution in [1.29, 1.82) is 0 Å². The average molecular weight is 464 g/mol. The Morgan fingerprint density at radius 2 is 1.75 bits per heavy atom. The maximum absolute atomic E-state index is 13.5. The summed E-state index contributed by atoms with van der Waals surface area (Å²) in [6.07, 6.45) is -14.0. The van der Waals surface area contributed by atoms with E-state index in [-0.39, 0.29) is 17.0 Å². The third-order valence-corrected chi connectivity index (χ3v) is 4.70. The predicted octanol–water partition coefficient (Wildman–Crippen LogP) is 3.76. The number of hydrogen-bond donors (Lipinski definition) is 1. The van der Waals surface area contributed by atoms with E-state index in [1.807, 2.05) is 6.92 Å². The van der Waals surface area contributed by atoms with Crippen molar-refractivity contribution in [3.05, 3.63) is 45.1 Å². The average Bonchev–Trinajstić information content (AvgIpc) is 3.04. The lowest BCUT2D eigenvalue weighted by Crippen LogP contribution is -2.45.